The highest BCUT2D eigenvalue weighted by Gasteiger charge is 2.40. The second kappa shape index (κ2) is 9.55. The Balaban J connectivity index is 1.60. The maximum absolute atomic E-state index is 12.4. The Morgan fingerprint density at radius 2 is 1.80 bits per heavy atom. The van der Waals surface area contributed by atoms with Gasteiger partial charge in [-0.1, -0.05) is 47.6 Å². The van der Waals surface area contributed by atoms with Gasteiger partial charge < -0.3 is 4.74 Å². The van der Waals surface area contributed by atoms with Crippen LogP contribution < -0.4 is 10.1 Å². The minimum absolute atomic E-state index is 0.0147. The molecule has 0 radical (unpaired) electrons. The Hall–Kier alpha value is -4.24. The second-order valence-electron chi connectivity index (χ2n) is 7.97. The largest absolute Gasteiger partial charge is 0.497 e. The number of amidine groups is 1. The smallest absolute Gasteiger partial charge is 0.372 e. The van der Waals surface area contributed by atoms with Crippen LogP contribution in [0, 0.1) is 10.1 Å². The van der Waals surface area contributed by atoms with Gasteiger partial charge in [0.15, 0.2) is 6.04 Å². The molecule has 0 aliphatic carbocycles. The van der Waals surface area contributed by atoms with E-state index in [9.17, 15) is 14.9 Å². The van der Waals surface area contributed by atoms with E-state index >= 15 is 0 Å². The Kier molecular flexibility index (Phi) is 6.15. The maximum atomic E-state index is 12.4. The Morgan fingerprint density at radius 1 is 1.09 bits per heavy atom. The third-order valence-corrected chi connectivity index (χ3v) is 6.62. The van der Waals surface area contributed by atoms with Crippen LogP contribution in [0.15, 0.2) is 88.9 Å². The SMILES string of the molecule is COc1ccc([C@H]2CC(c3ccccc3)=N/[N+]2=C2/NC(=O)S/C2=C\c2ccc([N+](=O)[O-])cc2)cc1. The lowest BCUT2D eigenvalue weighted by atomic mass is 9.99. The van der Waals surface area contributed by atoms with E-state index in [4.69, 9.17) is 9.84 Å². The molecule has 5 rings (SSSR count). The van der Waals surface area contributed by atoms with E-state index in [0.29, 0.717) is 17.2 Å². The number of nitrogens with zero attached hydrogens (tertiary/aromatic N) is 3. The average molecular weight is 486 g/mol. The van der Waals surface area contributed by atoms with Gasteiger partial charge in [-0.3, -0.25) is 10.1 Å². The molecule has 1 fully saturated rings. The van der Waals surface area contributed by atoms with Crippen molar-refractivity contribution in [2.45, 2.75) is 12.5 Å². The highest BCUT2D eigenvalue weighted by Crippen LogP contribution is 2.35. The molecule has 8 nitrogen and oxygen atoms in total. The van der Waals surface area contributed by atoms with Crippen LogP contribution in [0.3, 0.4) is 0 Å². The molecule has 0 unspecified atom stereocenters. The fourth-order valence-corrected chi connectivity index (χ4v) is 4.83. The van der Waals surface area contributed by atoms with Crippen molar-refractivity contribution in [1.82, 2.24) is 5.32 Å². The third-order valence-electron chi connectivity index (χ3n) is 5.81. The topological polar surface area (TPSA) is 96.8 Å². The lowest BCUT2D eigenvalue weighted by Gasteiger charge is -2.11. The zero-order valence-electron chi connectivity index (χ0n) is 18.8. The lowest BCUT2D eigenvalue weighted by molar-refractivity contribution is -0.568. The fourth-order valence-electron chi connectivity index (χ4n) is 4.05. The quantitative estimate of drug-likeness (QED) is 0.298. The summed E-state index contributed by atoms with van der Waals surface area (Å²) >= 11 is 1.08. The van der Waals surface area contributed by atoms with Crippen LogP contribution in [0.1, 0.15) is 29.2 Å². The van der Waals surface area contributed by atoms with Crippen molar-refractivity contribution in [1.29, 1.82) is 0 Å². The molecule has 0 aromatic heterocycles. The number of amides is 1. The second-order valence-corrected chi connectivity index (χ2v) is 8.99. The van der Waals surface area contributed by atoms with Crippen molar-refractivity contribution < 1.29 is 19.1 Å². The summed E-state index contributed by atoms with van der Waals surface area (Å²) in [5.74, 6) is 1.35. The first-order valence-electron chi connectivity index (χ1n) is 10.9. The number of carbonyl (C=O) groups is 1. The highest BCUT2D eigenvalue weighted by molar-refractivity contribution is 8.18. The van der Waals surface area contributed by atoms with Gasteiger partial charge >= 0.3 is 11.1 Å². The number of carbonyl (C=O) groups excluding carboxylic acids is 1. The van der Waals surface area contributed by atoms with Gasteiger partial charge in [-0.15, -0.1) is 4.68 Å². The number of rotatable bonds is 5. The van der Waals surface area contributed by atoms with Crippen molar-refractivity contribution in [3.05, 3.63) is 111 Å². The molecule has 1 amide bonds. The maximum Gasteiger partial charge on any atom is 0.372 e. The van der Waals surface area contributed by atoms with Crippen molar-refractivity contribution in [3.63, 3.8) is 0 Å². The summed E-state index contributed by atoms with van der Waals surface area (Å²) in [6.07, 6.45) is 2.49. The summed E-state index contributed by atoms with van der Waals surface area (Å²) in [4.78, 5) is 23.7. The zero-order valence-corrected chi connectivity index (χ0v) is 19.6. The monoisotopic (exact) mass is 485 g/mol. The number of non-ortho nitro benzene ring substituents is 1. The van der Waals surface area contributed by atoms with E-state index in [-0.39, 0.29) is 17.0 Å². The average Bonchev–Trinajstić information content (AvgIpc) is 3.48. The molecule has 174 valence electrons. The summed E-state index contributed by atoms with van der Waals surface area (Å²) < 4.78 is 7.17. The van der Waals surface area contributed by atoms with Gasteiger partial charge in [0.2, 0.25) is 0 Å². The normalized spacial score (nSPS) is 20.6. The number of nitro groups is 1. The van der Waals surface area contributed by atoms with Crippen molar-refractivity contribution in [3.8, 4) is 5.75 Å². The number of hydrogen-bond donors (Lipinski definition) is 1. The number of ether oxygens (including phenoxy) is 1. The van der Waals surface area contributed by atoms with Crippen LogP contribution in [-0.4, -0.2) is 33.5 Å². The minimum atomic E-state index is -0.437. The van der Waals surface area contributed by atoms with Crippen molar-refractivity contribution in [2.24, 2.45) is 5.10 Å². The van der Waals surface area contributed by atoms with Gasteiger partial charge in [0.05, 0.1) is 17.7 Å². The molecule has 9 heteroatoms. The van der Waals surface area contributed by atoms with E-state index in [2.05, 4.69) is 5.32 Å². The summed E-state index contributed by atoms with van der Waals surface area (Å²) in [6, 6.07) is 23.9. The molecule has 35 heavy (non-hydrogen) atoms. The molecule has 1 atom stereocenters. The predicted octanol–water partition coefficient (Wildman–Crippen LogP) is 5.36. The number of nitro benzene ring substituents is 1. The van der Waals surface area contributed by atoms with Gasteiger partial charge in [-0.05, 0) is 47.0 Å². The van der Waals surface area contributed by atoms with E-state index in [0.717, 1.165) is 39.9 Å². The van der Waals surface area contributed by atoms with Crippen LogP contribution in [0.4, 0.5) is 10.5 Å². The van der Waals surface area contributed by atoms with E-state index in [1.54, 1.807) is 19.2 Å². The Labute approximate surface area is 205 Å². The number of methoxy groups -OCH3 is 1. The van der Waals surface area contributed by atoms with Gasteiger partial charge in [0, 0.05) is 30.3 Å². The molecule has 2 aliphatic rings. The first-order chi connectivity index (χ1) is 17.0. The molecular weight excluding hydrogens is 464 g/mol. The van der Waals surface area contributed by atoms with Crippen molar-refractivity contribution in [2.75, 3.05) is 7.11 Å². The number of benzene rings is 3. The van der Waals surface area contributed by atoms with E-state index < -0.39 is 4.92 Å². The first-order valence-corrected chi connectivity index (χ1v) is 11.7. The molecule has 0 saturated carbocycles. The van der Waals surface area contributed by atoms with Gasteiger partial charge in [0.1, 0.15) is 10.7 Å². The minimum Gasteiger partial charge on any atom is -0.497 e. The molecule has 1 saturated heterocycles. The summed E-state index contributed by atoms with van der Waals surface area (Å²) in [5, 5.41) is 18.7. The van der Waals surface area contributed by atoms with Gasteiger partial charge in [-0.25, -0.2) is 4.79 Å². The van der Waals surface area contributed by atoms with Crippen LogP contribution in [0.2, 0.25) is 0 Å². The fraction of sp³-hybridized carbons (Fsp3) is 0.115. The number of hydrogen-bond acceptors (Lipinski definition) is 6. The van der Waals surface area contributed by atoms with Crippen LogP contribution in [0.25, 0.3) is 6.08 Å². The number of hydrazone groups is 1. The summed E-state index contributed by atoms with van der Waals surface area (Å²) in [5.41, 5.74) is 3.74. The molecule has 2 heterocycles. The lowest BCUT2D eigenvalue weighted by Crippen LogP contribution is -2.29. The highest BCUT2D eigenvalue weighted by atomic mass is 32.2. The van der Waals surface area contributed by atoms with Gasteiger partial charge in [0.25, 0.3) is 5.69 Å². The molecule has 2 aliphatic heterocycles. The third kappa shape index (κ3) is 4.71. The van der Waals surface area contributed by atoms with Crippen LogP contribution in [0.5, 0.6) is 5.75 Å². The van der Waals surface area contributed by atoms with E-state index in [1.807, 2.05) is 65.4 Å². The predicted molar refractivity (Wildman–Crippen MR) is 136 cm³/mol. The number of thioether (sulfide) groups is 1. The van der Waals surface area contributed by atoms with Crippen LogP contribution in [-0.2, 0) is 0 Å². The van der Waals surface area contributed by atoms with Crippen molar-refractivity contribution >= 4 is 40.3 Å². The molecular formula is C26H21N4O4S+. The summed E-state index contributed by atoms with van der Waals surface area (Å²) in [6.45, 7) is 0. The Morgan fingerprint density at radius 3 is 2.46 bits per heavy atom. The number of nitrogens with one attached hydrogen (secondary N) is 1. The molecule has 3 aromatic carbocycles. The molecule has 3 aromatic rings. The first kappa shape index (κ1) is 22.5. The molecule has 0 bridgehead atoms. The molecule has 0 spiro atoms. The Bertz CT molecular complexity index is 1380. The molecule has 1 N–H and O–H groups in total. The van der Waals surface area contributed by atoms with E-state index in [1.165, 1.54) is 12.1 Å². The van der Waals surface area contributed by atoms with Crippen LogP contribution >= 0.6 is 11.8 Å². The van der Waals surface area contributed by atoms with Gasteiger partial charge in [-0.2, -0.15) is 5.32 Å². The standard InChI is InChI=1S/C26H20N4O4S/c1-34-21-13-9-19(10-14-21)23-16-22(18-5-3-2-4-6-18)28-29(23)25-24(35-26(31)27-25)15-17-7-11-20(12-8-17)30(32)33/h2-15,23H,16H2,1H3/p+1/b24-15-/t23-/m1/s1. The zero-order chi connectivity index (χ0) is 24.4. The summed E-state index contributed by atoms with van der Waals surface area (Å²) in [7, 11) is 1.63.